The van der Waals surface area contributed by atoms with E-state index in [1.807, 2.05) is 26.0 Å². The van der Waals surface area contributed by atoms with Gasteiger partial charge in [0.05, 0.1) is 37.6 Å². The average Bonchev–Trinajstić information content (AvgIpc) is 2.88. The molecule has 1 atom stereocenters. The second kappa shape index (κ2) is 13.7. The Morgan fingerprint density at radius 1 is 1.20 bits per heavy atom. The third-order valence-electron chi connectivity index (χ3n) is 4.84. The summed E-state index contributed by atoms with van der Waals surface area (Å²) in [5, 5.41) is 10.3. The lowest BCUT2D eigenvalue weighted by atomic mass is 9.94. The fraction of sp³-hybridized carbons (Fsp3) is 0.565. The molecule has 0 heterocycles. The van der Waals surface area contributed by atoms with Gasteiger partial charge in [0.15, 0.2) is 8.38 Å². The highest BCUT2D eigenvalue weighted by Crippen LogP contribution is 2.30. The monoisotopic (exact) mass is 440 g/mol. The molecule has 0 spiro atoms. The topological polar surface area (TPSA) is 88.4 Å². The second-order valence-electron chi connectivity index (χ2n) is 7.53. The molecule has 0 fully saturated rings. The van der Waals surface area contributed by atoms with Gasteiger partial charge in [0.1, 0.15) is 6.35 Å². The molecule has 30 heavy (non-hydrogen) atoms. The average molecular weight is 441 g/mol. The number of hydrogen-bond acceptors (Lipinski definition) is 6. The molecule has 7 heteroatoms. The molecule has 6 nitrogen and oxygen atoms in total. The standard InChI is InChI=1S/C23H37O6P/c1-7-23(28-6)19(14-20(27-5)11-17(4)29-15-30(25)26)12-18-9-8-10-22(24)21(13-18)16(2)3/h8-9,11,13,16-17,24-26H,7,10,12,14-15H2,1-6H3/b20-11+,23-19+. The zero-order chi connectivity index (χ0) is 22.7. The van der Waals surface area contributed by atoms with Crippen molar-refractivity contribution in [1.29, 1.82) is 0 Å². The minimum absolute atomic E-state index is 0.101. The smallest absolute Gasteiger partial charge is 0.192 e. The summed E-state index contributed by atoms with van der Waals surface area (Å²) >= 11 is 0. The van der Waals surface area contributed by atoms with E-state index in [9.17, 15) is 5.11 Å². The van der Waals surface area contributed by atoms with Crippen molar-refractivity contribution in [3.05, 3.63) is 58.3 Å². The number of aliphatic hydroxyl groups is 1. The molecule has 1 unspecified atom stereocenters. The lowest BCUT2D eigenvalue weighted by Gasteiger charge is -2.18. The number of rotatable bonds is 12. The van der Waals surface area contributed by atoms with Gasteiger partial charge in [-0.05, 0) is 42.1 Å². The Morgan fingerprint density at radius 3 is 2.43 bits per heavy atom. The molecule has 0 amide bonds. The first-order valence-electron chi connectivity index (χ1n) is 10.3. The molecular weight excluding hydrogens is 403 g/mol. The van der Waals surface area contributed by atoms with Crippen molar-refractivity contribution in [3.63, 3.8) is 0 Å². The zero-order valence-electron chi connectivity index (χ0n) is 19.0. The predicted octanol–water partition coefficient (Wildman–Crippen LogP) is 5.62. The van der Waals surface area contributed by atoms with E-state index in [1.54, 1.807) is 14.2 Å². The molecular formula is C23H37O6P. The Bertz CT molecular complexity index is 694. The first-order valence-corrected chi connectivity index (χ1v) is 11.7. The molecule has 1 aliphatic rings. The van der Waals surface area contributed by atoms with Crippen molar-refractivity contribution in [2.24, 2.45) is 5.92 Å². The number of methoxy groups -OCH3 is 2. The van der Waals surface area contributed by atoms with Crippen LogP contribution in [0.2, 0.25) is 0 Å². The van der Waals surface area contributed by atoms with Gasteiger partial charge in [0.25, 0.3) is 0 Å². The molecule has 0 saturated carbocycles. The van der Waals surface area contributed by atoms with Crippen LogP contribution >= 0.6 is 8.38 Å². The van der Waals surface area contributed by atoms with Crippen LogP contribution in [0.3, 0.4) is 0 Å². The molecule has 3 N–H and O–H groups in total. The molecule has 1 rings (SSSR count). The third-order valence-corrected chi connectivity index (χ3v) is 5.22. The van der Waals surface area contributed by atoms with Crippen molar-refractivity contribution in [2.75, 3.05) is 20.6 Å². The highest BCUT2D eigenvalue weighted by atomic mass is 31.2. The summed E-state index contributed by atoms with van der Waals surface area (Å²) in [6, 6.07) is 0. The number of ether oxygens (including phenoxy) is 3. The first kappa shape index (κ1) is 26.4. The normalized spacial score (nSPS) is 17.1. The van der Waals surface area contributed by atoms with E-state index in [-0.39, 0.29) is 18.4 Å². The van der Waals surface area contributed by atoms with Crippen LogP contribution < -0.4 is 0 Å². The molecule has 0 radical (unpaired) electrons. The lowest BCUT2D eigenvalue weighted by molar-refractivity contribution is 0.124. The molecule has 0 bridgehead atoms. The van der Waals surface area contributed by atoms with Crippen molar-refractivity contribution in [1.82, 2.24) is 0 Å². The summed E-state index contributed by atoms with van der Waals surface area (Å²) in [6.07, 6.45) is 10.0. The molecule has 0 aliphatic heterocycles. The number of hydrogen-bond donors (Lipinski definition) is 3. The van der Waals surface area contributed by atoms with Crippen molar-refractivity contribution < 1.29 is 29.1 Å². The summed E-state index contributed by atoms with van der Waals surface area (Å²) in [5.74, 6) is 2.27. The summed E-state index contributed by atoms with van der Waals surface area (Å²) in [6.45, 7) is 8.03. The highest BCUT2D eigenvalue weighted by molar-refractivity contribution is 7.44. The summed E-state index contributed by atoms with van der Waals surface area (Å²) in [4.78, 5) is 18.1. The van der Waals surface area contributed by atoms with Crippen LogP contribution in [0, 0.1) is 5.92 Å². The summed E-state index contributed by atoms with van der Waals surface area (Å²) in [5.41, 5.74) is 3.15. The lowest BCUT2D eigenvalue weighted by Crippen LogP contribution is -2.08. The van der Waals surface area contributed by atoms with Crippen molar-refractivity contribution in [3.8, 4) is 0 Å². The molecule has 1 aliphatic carbocycles. The quantitative estimate of drug-likeness (QED) is 0.270. The van der Waals surface area contributed by atoms with Gasteiger partial charge in [0, 0.05) is 19.3 Å². The SMILES string of the molecule is CC/C(OC)=C(/CC1=CC(C(C)C)=C(O)CC=C1)C/C(=C\C(C)OCP(O)O)OC. The van der Waals surface area contributed by atoms with E-state index in [1.165, 1.54) is 0 Å². The second-order valence-corrected chi connectivity index (χ2v) is 8.53. The molecule has 0 aromatic rings. The third kappa shape index (κ3) is 9.05. The van der Waals surface area contributed by atoms with Crippen LogP contribution in [0.4, 0.5) is 0 Å². The predicted molar refractivity (Wildman–Crippen MR) is 122 cm³/mol. The van der Waals surface area contributed by atoms with Crippen LogP contribution in [-0.2, 0) is 14.2 Å². The Hall–Kier alpha value is -1.59. The maximum Gasteiger partial charge on any atom is 0.192 e. The van der Waals surface area contributed by atoms with Crippen LogP contribution in [0.25, 0.3) is 0 Å². The van der Waals surface area contributed by atoms with Gasteiger partial charge in [-0.25, -0.2) is 0 Å². The molecule has 0 aromatic carbocycles. The largest absolute Gasteiger partial charge is 0.512 e. The van der Waals surface area contributed by atoms with Gasteiger partial charge in [-0.3, -0.25) is 0 Å². The van der Waals surface area contributed by atoms with Gasteiger partial charge in [-0.2, -0.15) is 0 Å². The van der Waals surface area contributed by atoms with E-state index in [0.29, 0.717) is 25.0 Å². The Morgan fingerprint density at radius 2 is 1.90 bits per heavy atom. The van der Waals surface area contributed by atoms with Crippen LogP contribution in [0.15, 0.2) is 58.3 Å². The van der Waals surface area contributed by atoms with Crippen molar-refractivity contribution >= 4 is 8.38 Å². The summed E-state index contributed by atoms with van der Waals surface area (Å²) < 4.78 is 16.6. The van der Waals surface area contributed by atoms with Gasteiger partial charge in [-0.1, -0.05) is 39.0 Å². The summed E-state index contributed by atoms with van der Waals surface area (Å²) in [7, 11) is 1.20. The zero-order valence-corrected chi connectivity index (χ0v) is 19.9. The van der Waals surface area contributed by atoms with Crippen LogP contribution in [0.5, 0.6) is 0 Å². The van der Waals surface area contributed by atoms with Gasteiger partial charge in [-0.15, -0.1) is 0 Å². The van der Waals surface area contributed by atoms with Gasteiger partial charge < -0.3 is 29.1 Å². The molecule has 0 saturated heterocycles. The van der Waals surface area contributed by atoms with Gasteiger partial charge in [0.2, 0.25) is 0 Å². The molecule has 0 aromatic heterocycles. The minimum Gasteiger partial charge on any atom is -0.512 e. The fourth-order valence-electron chi connectivity index (χ4n) is 3.33. The van der Waals surface area contributed by atoms with E-state index in [4.69, 9.17) is 24.0 Å². The maximum atomic E-state index is 10.3. The minimum atomic E-state index is -2.08. The van der Waals surface area contributed by atoms with E-state index >= 15 is 0 Å². The van der Waals surface area contributed by atoms with E-state index in [2.05, 4.69) is 26.0 Å². The van der Waals surface area contributed by atoms with E-state index < -0.39 is 8.38 Å². The maximum absolute atomic E-state index is 10.3. The number of allylic oxidation sites excluding steroid dienone is 7. The highest BCUT2D eigenvalue weighted by Gasteiger charge is 2.16. The van der Waals surface area contributed by atoms with E-state index in [0.717, 1.165) is 34.7 Å². The molecule has 170 valence electrons. The number of aliphatic hydroxyl groups excluding tert-OH is 1. The fourth-order valence-corrected chi connectivity index (χ4v) is 3.70. The Labute approximate surface area is 182 Å². The Balaban J connectivity index is 3.14. The first-order chi connectivity index (χ1) is 14.2. The van der Waals surface area contributed by atoms with Crippen LogP contribution in [-0.4, -0.2) is 41.6 Å². The van der Waals surface area contributed by atoms with Gasteiger partial charge >= 0.3 is 0 Å². The Kier molecular flexibility index (Phi) is 12.0. The van der Waals surface area contributed by atoms with Crippen molar-refractivity contribution in [2.45, 2.75) is 59.5 Å². The van der Waals surface area contributed by atoms with Crippen LogP contribution in [0.1, 0.15) is 53.4 Å².